The van der Waals surface area contributed by atoms with Gasteiger partial charge in [-0.05, 0) is 48.6 Å². The second kappa shape index (κ2) is 7.93. The molecule has 5 rings (SSSR count). The third kappa shape index (κ3) is 3.55. The molecular formula is C23H21ClN4OS. The van der Waals surface area contributed by atoms with Crippen LogP contribution in [-0.2, 0) is 10.5 Å². The van der Waals surface area contributed by atoms with Gasteiger partial charge in [-0.25, -0.2) is 4.68 Å². The lowest BCUT2D eigenvalue weighted by atomic mass is 9.85. The van der Waals surface area contributed by atoms with Gasteiger partial charge in [-0.15, -0.1) is 5.10 Å². The average molecular weight is 437 g/mol. The van der Waals surface area contributed by atoms with Crippen molar-refractivity contribution in [3.8, 4) is 0 Å². The van der Waals surface area contributed by atoms with Gasteiger partial charge in [0, 0.05) is 28.5 Å². The number of aryl methyl sites for hydroxylation is 1. The largest absolute Gasteiger partial charge is 0.328 e. The Labute approximate surface area is 184 Å². The lowest BCUT2D eigenvalue weighted by Gasteiger charge is -2.32. The highest BCUT2D eigenvalue weighted by Gasteiger charge is 2.36. The van der Waals surface area contributed by atoms with Crippen LogP contribution in [0.1, 0.15) is 42.0 Å². The van der Waals surface area contributed by atoms with Crippen LogP contribution in [0.25, 0.3) is 0 Å². The fraction of sp³-hybridized carbons (Fsp3) is 0.261. The highest BCUT2D eigenvalue weighted by molar-refractivity contribution is 7.98. The summed E-state index contributed by atoms with van der Waals surface area (Å²) in [5.41, 5.74) is 5.29. The summed E-state index contributed by atoms with van der Waals surface area (Å²) in [6, 6.07) is 15.7. The molecule has 0 bridgehead atoms. The predicted octanol–water partition coefficient (Wildman–Crippen LogP) is 5.55. The molecule has 5 nitrogen and oxygen atoms in total. The highest BCUT2D eigenvalue weighted by atomic mass is 35.5. The molecule has 0 fully saturated rings. The first kappa shape index (κ1) is 19.4. The van der Waals surface area contributed by atoms with Gasteiger partial charge < -0.3 is 5.32 Å². The molecule has 1 aromatic heterocycles. The Balaban J connectivity index is 1.51. The van der Waals surface area contributed by atoms with E-state index in [4.69, 9.17) is 21.7 Å². The third-order valence-electron chi connectivity index (χ3n) is 5.65. The van der Waals surface area contributed by atoms with E-state index in [1.807, 2.05) is 35.0 Å². The zero-order chi connectivity index (χ0) is 20.7. The first-order valence-electron chi connectivity index (χ1n) is 10.0. The van der Waals surface area contributed by atoms with Gasteiger partial charge in [0.1, 0.15) is 6.04 Å². The standard InChI is InChI=1S/C23H21ClN4OS/c1-14-5-2-3-6-16(14)13-30-23-26-22-25-18-7-4-8-19(29)20(18)21(28(22)27-23)15-9-11-17(24)12-10-15/h2-3,5-6,9-12,21H,4,7-8,13H2,1H3,(H,25,26,27)/t21-/m0/s1. The molecule has 30 heavy (non-hydrogen) atoms. The monoisotopic (exact) mass is 436 g/mol. The Hall–Kier alpha value is -2.57. The smallest absolute Gasteiger partial charge is 0.227 e. The van der Waals surface area contributed by atoms with Gasteiger partial charge >= 0.3 is 0 Å². The summed E-state index contributed by atoms with van der Waals surface area (Å²) in [5.74, 6) is 1.67. The van der Waals surface area contributed by atoms with Crippen LogP contribution < -0.4 is 5.32 Å². The number of nitrogens with zero attached hydrogens (tertiary/aromatic N) is 3. The molecule has 2 aliphatic rings. The van der Waals surface area contributed by atoms with Gasteiger partial charge in [0.05, 0.1) is 0 Å². The lowest BCUT2D eigenvalue weighted by Crippen LogP contribution is -2.31. The molecule has 0 saturated carbocycles. The summed E-state index contributed by atoms with van der Waals surface area (Å²) in [6.07, 6.45) is 2.29. The zero-order valence-corrected chi connectivity index (χ0v) is 18.1. The Kier molecular flexibility index (Phi) is 5.13. The number of hydrogen-bond acceptors (Lipinski definition) is 5. The van der Waals surface area contributed by atoms with Crippen molar-refractivity contribution in [1.29, 1.82) is 0 Å². The number of ketones is 1. The minimum Gasteiger partial charge on any atom is -0.328 e. The van der Waals surface area contributed by atoms with Crippen LogP contribution in [0.4, 0.5) is 5.95 Å². The van der Waals surface area contributed by atoms with Crippen molar-refractivity contribution in [2.45, 2.75) is 43.1 Å². The molecule has 0 spiro atoms. The van der Waals surface area contributed by atoms with E-state index in [-0.39, 0.29) is 11.8 Å². The molecule has 1 atom stereocenters. The van der Waals surface area contributed by atoms with E-state index in [0.29, 0.717) is 22.5 Å². The summed E-state index contributed by atoms with van der Waals surface area (Å²) < 4.78 is 1.85. The molecule has 1 aliphatic carbocycles. The quantitative estimate of drug-likeness (QED) is 0.543. The summed E-state index contributed by atoms with van der Waals surface area (Å²) in [4.78, 5) is 17.6. The van der Waals surface area contributed by atoms with Crippen LogP contribution in [-0.4, -0.2) is 20.5 Å². The van der Waals surface area contributed by atoms with Crippen LogP contribution in [0.15, 0.2) is 65.0 Å². The van der Waals surface area contributed by atoms with Crippen LogP contribution in [0.5, 0.6) is 0 Å². The number of carbonyl (C=O) groups excluding carboxylic acids is 1. The van der Waals surface area contributed by atoms with Crippen LogP contribution in [0, 0.1) is 6.92 Å². The topological polar surface area (TPSA) is 59.8 Å². The number of thioether (sulfide) groups is 1. The number of benzene rings is 2. The molecule has 3 aromatic rings. The van der Waals surface area contributed by atoms with Crippen molar-refractivity contribution in [2.24, 2.45) is 0 Å². The van der Waals surface area contributed by atoms with Crippen molar-refractivity contribution < 1.29 is 4.79 Å². The predicted molar refractivity (Wildman–Crippen MR) is 120 cm³/mol. The molecule has 0 radical (unpaired) electrons. The maximum atomic E-state index is 12.9. The number of halogens is 1. The summed E-state index contributed by atoms with van der Waals surface area (Å²) in [7, 11) is 0. The molecule has 1 N–H and O–H groups in total. The Morgan fingerprint density at radius 3 is 2.77 bits per heavy atom. The zero-order valence-electron chi connectivity index (χ0n) is 16.6. The fourth-order valence-corrected chi connectivity index (χ4v) is 5.10. The molecule has 1 aliphatic heterocycles. The molecule has 0 saturated heterocycles. The van der Waals surface area contributed by atoms with Gasteiger partial charge in [0.2, 0.25) is 11.1 Å². The van der Waals surface area contributed by atoms with Crippen molar-refractivity contribution >= 4 is 35.1 Å². The van der Waals surface area contributed by atoms with E-state index in [2.05, 4.69) is 30.4 Å². The van der Waals surface area contributed by atoms with E-state index >= 15 is 0 Å². The number of fused-ring (bicyclic) bond motifs is 1. The number of aromatic nitrogens is 3. The van der Waals surface area contributed by atoms with Gasteiger partial charge in [-0.1, -0.05) is 59.8 Å². The molecule has 0 unspecified atom stereocenters. The van der Waals surface area contributed by atoms with E-state index < -0.39 is 0 Å². The normalized spacial score (nSPS) is 18.1. The maximum absolute atomic E-state index is 12.9. The molecular weight excluding hydrogens is 416 g/mol. The van der Waals surface area contributed by atoms with Crippen LogP contribution in [0.3, 0.4) is 0 Å². The number of nitrogens with one attached hydrogen (secondary N) is 1. The Bertz CT molecular complexity index is 1150. The molecule has 7 heteroatoms. The van der Waals surface area contributed by atoms with Crippen molar-refractivity contribution in [2.75, 3.05) is 5.32 Å². The molecule has 2 heterocycles. The summed E-state index contributed by atoms with van der Waals surface area (Å²) >= 11 is 7.71. The minimum atomic E-state index is -0.276. The average Bonchev–Trinajstić information content (AvgIpc) is 3.15. The fourth-order valence-electron chi connectivity index (χ4n) is 4.07. The van der Waals surface area contributed by atoms with E-state index in [9.17, 15) is 4.79 Å². The first-order chi connectivity index (χ1) is 14.6. The van der Waals surface area contributed by atoms with Crippen LogP contribution in [0.2, 0.25) is 5.02 Å². The summed E-state index contributed by atoms with van der Waals surface area (Å²) in [6.45, 7) is 2.11. The Morgan fingerprint density at radius 1 is 1.17 bits per heavy atom. The van der Waals surface area contributed by atoms with Crippen molar-refractivity contribution in [1.82, 2.24) is 14.8 Å². The SMILES string of the molecule is Cc1ccccc1CSc1nc2n(n1)[C@@H](c1ccc(Cl)cc1)C1=C(CCCC1=O)N2. The van der Waals surface area contributed by atoms with Crippen molar-refractivity contribution in [3.05, 3.63) is 81.5 Å². The lowest BCUT2D eigenvalue weighted by molar-refractivity contribution is -0.116. The second-order valence-corrected chi connectivity index (χ2v) is 9.00. The number of carbonyl (C=O) groups is 1. The number of anilines is 1. The Morgan fingerprint density at radius 2 is 1.97 bits per heavy atom. The van der Waals surface area contributed by atoms with Gasteiger partial charge in [-0.3, -0.25) is 4.79 Å². The van der Waals surface area contributed by atoms with Gasteiger partial charge in [0.15, 0.2) is 5.78 Å². The van der Waals surface area contributed by atoms with Crippen molar-refractivity contribution in [3.63, 3.8) is 0 Å². The highest BCUT2D eigenvalue weighted by Crippen LogP contribution is 2.41. The number of allylic oxidation sites excluding steroid dienone is 2. The molecule has 0 amide bonds. The number of Topliss-reactive ketones (excluding diaryl/α,β-unsaturated/α-hetero) is 1. The molecule has 2 aromatic carbocycles. The second-order valence-electron chi connectivity index (χ2n) is 7.63. The maximum Gasteiger partial charge on any atom is 0.227 e. The van der Waals surface area contributed by atoms with E-state index in [1.54, 1.807) is 11.8 Å². The first-order valence-corrected chi connectivity index (χ1v) is 11.4. The van der Waals surface area contributed by atoms with E-state index in [0.717, 1.165) is 35.4 Å². The van der Waals surface area contributed by atoms with Gasteiger partial charge in [-0.2, -0.15) is 4.98 Å². The number of rotatable bonds is 4. The summed E-state index contributed by atoms with van der Waals surface area (Å²) in [5, 5.41) is 9.54. The molecule has 152 valence electrons. The minimum absolute atomic E-state index is 0.180. The third-order valence-corrected chi connectivity index (χ3v) is 6.79. The number of hydrogen-bond donors (Lipinski definition) is 1. The van der Waals surface area contributed by atoms with E-state index in [1.165, 1.54) is 11.1 Å². The van der Waals surface area contributed by atoms with Crippen LogP contribution >= 0.6 is 23.4 Å². The van der Waals surface area contributed by atoms with Gasteiger partial charge in [0.25, 0.3) is 0 Å².